The number of hydrogen-bond acceptors (Lipinski definition) is 2. The molecule has 2 atom stereocenters. The quantitative estimate of drug-likeness (QED) is 0.791. The number of hydrazone groups is 1. The van der Waals surface area contributed by atoms with Crippen LogP contribution in [0, 0.1) is 16.7 Å². The van der Waals surface area contributed by atoms with Gasteiger partial charge < -0.3 is 0 Å². The van der Waals surface area contributed by atoms with Gasteiger partial charge in [0.15, 0.2) is 0 Å². The molecule has 1 aromatic rings. The summed E-state index contributed by atoms with van der Waals surface area (Å²) in [5, 5.41) is 4.48. The number of hydrogen-bond donors (Lipinski definition) is 1. The molecule has 3 rings (SSSR count). The molecular weight excluding hydrogens is 328 g/mol. The molecule has 2 bridgehead atoms. The number of carbonyl (C=O) groups excluding carboxylic acids is 1. The van der Waals surface area contributed by atoms with Crippen molar-refractivity contribution >= 4 is 27.5 Å². The highest BCUT2D eigenvalue weighted by Gasteiger charge is 2.59. The lowest BCUT2D eigenvalue weighted by Gasteiger charge is -2.34. The molecule has 1 N–H and O–H groups in total. The van der Waals surface area contributed by atoms with Crippen LogP contribution in [0.25, 0.3) is 0 Å². The molecule has 2 aliphatic rings. The van der Waals surface area contributed by atoms with Gasteiger partial charge in [0.25, 0.3) is 5.91 Å². The van der Waals surface area contributed by atoms with Gasteiger partial charge in [0.1, 0.15) is 0 Å². The van der Waals surface area contributed by atoms with Gasteiger partial charge in [0, 0.05) is 21.2 Å². The first-order valence-electron chi connectivity index (χ1n) is 7.47. The summed E-state index contributed by atoms with van der Waals surface area (Å²) >= 11 is 3.38. The van der Waals surface area contributed by atoms with Crippen molar-refractivity contribution in [1.82, 2.24) is 5.43 Å². The molecule has 4 heteroatoms. The standard InChI is InChI=1S/C17H21BrN2O/c1-16(2)12-7-8-17(16,3)14(10-12)19-20-15(21)11-5-4-6-13(18)9-11/h4-6,9,12H,7-8,10H2,1-3H3,(H,20,21). The van der Waals surface area contributed by atoms with E-state index in [9.17, 15) is 4.79 Å². The first kappa shape index (κ1) is 14.8. The molecule has 1 aromatic carbocycles. The van der Waals surface area contributed by atoms with Crippen molar-refractivity contribution in [1.29, 1.82) is 0 Å². The van der Waals surface area contributed by atoms with E-state index in [0.717, 1.165) is 16.6 Å². The highest BCUT2D eigenvalue weighted by atomic mass is 79.9. The normalized spacial score (nSPS) is 31.6. The SMILES string of the molecule is CC12CCC(CC1=NNC(=O)c1cccc(Br)c1)C2(C)C. The number of benzene rings is 1. The van der Waals surface area contributed by atoms with E-state index in [1.165, 1.54) is 12.8 Å². The van der Waals surface area contributed by atoms with Gasteiger partial charge in [-0.05, 0) is 48.8 Å². The number of amides is 1. The zero-order valence-corrected chi connectivity index (χ0v) is 14.3. The number of carbonyl (C=O) groups is 1. The van der Waals surface area contributed by atoms with Gasteiger partial charge in [-0.25, -0.2) is 5.43 Å². The average molecular weight is 349 g/mol. The third-order valence-electron chi connectivity index (χ3n) is 5.89. The number of halogens is 1. The lowest BCUT2D eigenvalue weighted by molar-refractivity contribution is 0.0954. The van der Waals surface area contributed by atoms with Crippen molar-refractivity contribution in [3.8, 4) is 0 Å². The fraction of sp³-hybridized carbons (Fsp3) is 0.529. The second kappa shape index (κ2) is 4.94. The zero-order valence-electron chi connectivity index (χ0n) is 12.7. The van der Waals surface area contributed by atoms with Crippen LogP contribution < -0.4 is 5.43 Å². The summed E-state index contributed by atoms with van der Waals surface area (Å²) in [5.74, 6) is 0.553. The Morgan fingerprint density at radius 1 is 1.38 bits per heavy atom. The molecule has 1 amide bonds. The second-order valence-electron chi connectivity index (χ2n) is 7.00. The van der Waals surface area contributed by atoms with Crippen LogP contribution in [0.3, 0.4) is 0 Å². The highest BCUT2D eigenvalue weighted by Crippen LogP contribution is 2.63. The van der Waals surface area contributed by atoms with Crippen LogP contribution in [0.2, 0.25) is 0 Å². The Balaban J connectivity index is 1.77. The Morgan fingerprint density at radius 2 is 2.14 bits per heavy atom. The minimum atomic E-state index is -0.145. The lowest BCUT2D eigenvalue weighted by Crippen LogP contribution is -2.34. The van der Waals surface area contributed by atoms with Gasteiger partial charge in [-0.2, -0.15) is 5.10 Å². The van der Waals surface area contributed by atoms with Crippen molar-refractivity contribution in [2.45, 2.75) is 40.0 Å². The summed E-state index contributed by atoms with van der Waals surface area (Å²) in [5.41, 5.74) is 4.94. The summed E-state index contributed by atoms with van der Waals surface area (Å²) in [6.07, 6.45) is 3.47. The van der Waals surface area contributed by atoms with Crippen LogP contribution in [0.1, 0.15) is 50.4 Å². The summed E-state index contributed by atoms with van der Waals surface area (Å²) in [4.78, 5) is 12.2. The molecule has 2 aliphatic carbocycles. The summed E-state index contributed by atoms with van der Waals surface area (Å²) in [6.45, 7) is 6.97. The Morgan fingerprint density at radius 3 is 2.71 bits per heavy atom. The topological polar surface area (TPSA) is 41.5 Å². The van der Waals surface area contributed by atoms with E-state index in [-0.39, 0.29) is 16.7 Å². The lowest BCUT2D eigenvalue weighted by atomic mass is 9.70. The highest BCUT2D eigenvalue weighted by molar-refractivity contribution is 9.10. The Labute approximate surface area is 134 Å². The van der Waals surface area contributed by atoms with Gasteiger partial charge in [0.2, 0.25) is 0 Å². The van der Waals surface area contributed by atoms with Crippen molar-refractivity contribution in [3.63, 3.8) is 0 Å². The van der Waals surface area contributed by atoms with E-state index in [4.69, 9.17) is 0 Å². The second-order valence-corrected chi connectivity index (χ2v) is 7.92. The van der Waals surface area contributed by atoms with Gasteiger partial charge in [-0.15, -0.1) is 0 Å². The van der Waals surface area contributed by atoms with Gasteiger partial charge in [0.05, 0.1) is 0 Å². The van der Waals surface area contributed by atoms with Crippen molar-refractivity contribution in [2.24, 2.45) is 21.8 Å². The Hall–Kier alpha value is -1.16. The van der Waals surface area contributed by atoms with E-state index in [0.29, 0.717) is 11.5 Å². The van der Waals surface area contributed by atoms with E-state index in [1.807, 2.05) is 18.2 Å². The minimum absolute atomic E-state index is 0.127. The molecule has 0 aromatic heterocycles. The van der Waals surface area contributed by atoms with E-state index in [1.54, 1.807) is 6.07 Å². The Kier molecular flexibility index (Phi) is 3.47. The Bertz CT molecular complexity index is 623. The van der Waals surface area contributed by atoms with E-state index < -0.39 is 0 Å². The molecule has 2 unspecified atom stereocenters. The maximum atomic E-state index is 12.2. The molecule has 2 saturated carbocycles. The number of fused-ring (bicyclic) bond motifs is 2. The van der Waals surface area contributed by atoms with Crippen LogP contribution in [-0.2, 0) is 0 Å². The van der Waals surface area contributed by atoms with Crippen LogP contribution in [0.5, 0.6) is 0 Å². The largest absolute Gasteiger partial charge is 0.271 e. The molecule has 0 spiro atoms. The first-order valence-corrected chi connectivity index (χ1v) is 8.27. The maximum Gasteiger partial charge on any atom is 0.271 e. The smallest absolute Gasteiger partial charge is 0.267 e. The third-order valence-corrected chi connectivity index (χ3v) is 6.38. The van der Waals surface area contributed by atoms with Crippen molar-refractivity contribution in [2.75, 3.05) is 0 Å². The predicted molar refractivity (Wildman–Crippen MR) is 88.3 cm³/mol. The van der Waals surface area contributed by atoms with Crippen LogP contribution >= 0.6 is 15.9 Å². The molecule has 112 valence electrons. The molecule has 0 saturated heterocycles. The molecule has 2 fully saturated rings. The van der Waals surface area contributed by atoms with Crippen molar-refractivity contribution < 1.29 is 4.79 Å². The average Bonchev–Trinajstić information content (AvgIpc) is 2.77. The zero-order chi connectivity index (χ0) is 15.3. The first-order chi connectivity index (χ1) is 9.84. The van der Waals surface area contributed by atoms with Gasteiger partial charge >= 0.3 is 0 Å². The number of nitrogens with one attached hydrogen (secondary N) is 1. The minimum Gasteiger partial charge on any atom is -0.267 e. The summed E-state index contributed by atoms with van der Waals surface area (Å²) in [6, 6.07) is 7.37. The van der Waals surface area contributed by atoms with Crippen molar-refractivity contribution in [3.05, 3.63) is 34.3 Å². The molecule has 3 nitrogen and oxygen atoms in total. The van der Waals surface area contributed by atoms with E-state index in [2.05, 4.69) is 47.2 Å². The van der Waals surface area contributed by atoms with Gasteiger partial charge in [-0.3, -0.25) is 4.79 Å². The van der Waals surface area contributed by atoms with Crippen LogP contribution in [0.4, 0.5) is 0 Å². The van der Waals surface area contributed by atoms with Gasteiger partial charge in [-0.1, -0.05) is 42.8 Å². The molecule has 21 heavy (non-hydrogen) atoms. The summed E-state index contributed by atoms with van der Waals surface area (Å²) < 4.78 is 0.899. The van der Waals surface area contributed by atoms with E-state index >= 15 is 0 Å². The fourth-order valence-electron chi connectivity index (χ4n) is 3.91. The molecule has 0 heterocycles. The predicted octanol–water partition coefficient (Wildman–Crippen LogP) is 4.38. The molecule has 0 radical (unpaired) electrons. The summed E-state index contributed by atoms with van der Waals surface area (Å²) in [7, 11) is 0. The number of nitrogens with zero attached hydrogens (tertiary/aromatic N) is 1. The third kappa shape index (κ3) is 2.24. The number of rotatable bonds is 2. The monoisotopic (exact) mass is 348 g/mol. The van der Waals surface area contributed by atoms with Crippen LogP contribution in [0.15, 0.2) is 33.8 Å². The van der Waals surface area contributed by atoms with Crippen LogP contribution in [-0.4, -0.2) is 11.6 Å². The molecular formula is C17H21BrN2O. The maximum absolute atomic E-state index is 12.2. The molecule has 0 aliphatic heterocycles. The fourth-order valence-corrected chi connectivity index (χ4v) is 4.31.